The maximum absolute atomic E-state index is 9.14. The summed E-state index contributed by atoms with van der Waals surface area (Å²) >= 11 is 3.66. The molecule has 0 aliphatic heterocycles. The predicted octanol–water partition coefficient (Wildman–Crippen LogP) is 3.33. The average Bonchev–Trinajstić information content (AvgIpc) is 2.38. The largest absolute Gasteiger partial charge is 0.395 e. The van der Waals surface area contributed by atoms with Crippen LogP contribution in [-0.4, -0.2) is 31.3 Å². The predicted molar refractivity (Wildman–Crippen MR) is 85.8 cm³/mol. The number of anilines is 1. The third-order valence-electron chi connectivity index (χ3n) is 3.19. The zero-order valence-electron chi connectivity index (χ0n) is 12.1. The summed E-state index contributed by atoms with van der Waals surface area (Å²) in [6.07, 6.45) is 1.08. The second-order valence-corrected chi connectivity index (χ2v) is 5.55. The minimum Gasteiger partial charge on any atom is -0.395 e. The van der Waals surface area contributed by atoms with Gasteiger partial charge in [-0.3, -0.25) is 0 Å². The molecule has 1 aromatic carbocycles. The monoisotopic (exact) mass is 328 g/mol. The fourth-order valence-corrected chi connectivity index (χ4v) is 2.95. The van der Waals surface area contributed by atoms with E-state index >= 15 is 0 Å². The van der Waals surface area contributed by atoms with Crippen molar-refractivity contribution < 1.29 is 5.11 Å². The van der Waals surface area contributed by atoms with E-state index in [2.05, 4.69) is 65.1 Å². The van der Waals surface area contributed by atoms with Crippen molar-refractivity contribution in [1.29, 1.82) is 0 Å². The fraction of sp³-hybridized carbons (Fsp3) is 0.600. The number of hydrogen-bond donors (Lipinski definition) is 2. The number of nitrogens with zero attached hydrogens (tertiary/aromatic N) is 1. The Morgan fingerprint density at radius 2 is 2.05 bits per heavy atom. The normalized spacial score (nSPS) is 12.5. The second-order valence-electron chi connectivity index (χ2n) is 4.70. The van der Waals surface area contributed by atoms with Gasteiger partial charge in [0.05, 0.1) is 6.61 Å². The molecular weight excluding hydrogens is 304 g/mol. The number of aliphatic hydroxyl groups excluding tert-OH is 1. The van der Waals surface area contributed by atoms with Crippen molar-refractivity contribution in [3.05, 3.63) is 28.2 Å². The van der Waals surface area contributed by atoms with Crippen LogP contribution in [0.3, 0.4) is 0 Å². The summed E-state index contributed by atoms with van der Waals surface area (Å²) in [6, 6.07) is 6.78. The molecule has 19 heavy (non-hydrogen) atoms. The molecule has 108 valence electrons. The highest BCUT2D eigenvalue weighted by Crippen LogP contribution is 2.28. The highest BCUT2D eigenvalue weighted by molar-refractivity contribution is 9.10. The lowest BCUT2D eigenvalue weighted by Crippen LogP contribution is -2.27. The van der Waals surface area contributed by atoms with E-state index in [4.69, 9.17) is 5.11 Å². The molecule has 0 radical (unpaired) electrons. The molecule has 0 spiro atoms. The third-order valence-corrected chi connectivity index (χ3v) is 3.88. The van der Waals surface area contributed by atoms with E-state index in [1.165, 1.54) is 5.56 Å². The Kier molecular flexibility index (Phi) is 7.42. The van der Waals surface area contributed by atoms with Crippen molar-refractivity contribution in [2.24, 2.45) is 0 Å². The average molecular weight is 329 g/mol. The van der Waals surface area contributed by atoms with Gasteiger partial charge in [-0.15, -0.1) is 0 Å². The number of nitrogens with one attached hydrogen (secondary N) is 1. The van der Waals surface area contributed by atoms with Gasteiger partial charge in [0.25, 0.3) is 0 Å². The van der Waals surface area contributed by atoms with Gasteiger partial charge in [-0.2, -0.15) is 0 Å². The summed E-state index contributed by atoms with van der Waals surface area (Å²) in [5.41, 5.74) is 2.43. The lowest BCUT2D eigenvalue weighted by Gasteiger charge is -2.25. The van der Waals surface area contributed by atoms with E-state index in [-0.39, 0.29) is 6.61 Å². The van der Waals surface area contributed by atoms with Crippen molar-refractivity contribution in [3.8, 4) is 0 Å². The van der Waals surface area contributed by atoms with Gasteiger partial charge in [-0.05, 0) is 37.6 Å². The second kappa shape index (κ2) is 8.56. The topological polar surface area (TPSA) is 35.5 Å². The summed E-state index contributed by atoms with van der Waals surface area (Å²) in [6.45, 7) is 9.23. The summed E-state index contributed by atoms with van der Waals surface area (Å²) in [5, 5.41) is 12.6. The lowest BCUT2D eigenvalue weighted by atomic mass is 10.1. The molecule has 0 saturated carbocycles. The Morgan fingerprint density at radius 3 is 2.58 bits per heavy atom. The number of rotatable bonds is 8. The van der Waals surface area contributed by atoms with Gasteiger partial charge in [-0.1, -0.05) is 35.8 Å². The first-order chi connectivity index (χ1) is 9.13. The molecule has 0 saturated heterocycles. The maximum Gasteiger partial charge on any atom is 0.0606 e. The fourth-order valence-electron chi connectivity index (χ4n) is 2.24. The highest BCUT2D eigenvalue weighted by Gasteiger charge is 2.11. The minimum atomic E-state index is 0.188. The number of halogens is 1. The zero-order chi connectivity index (χ0) is 14.3. The van der Waals surface area contributed by atoms with Crippen molar-refractivity contribution in [3.63, 3.8) is 0 Å². The molecule has 0 aliphatic rings. The maximum atomic E-state index is 9.14. The molecule has 0 bridgehead atoms. The summed E-state index contributed by atoms with van der Waals surface area (Å²) in [4.78, 5) is 2.21. The van der Waals surface area contributed by atoms with Gasteiger partial charge in [0.15, 0.2) is 0 Å². The van der Waals surface area contributed by atoms with Crippen molar-refractivity contribution in [1.82, 2.24) is 5.32 Å². The summed E-state index contributed by atoms with van der Waals surface area (Å²) in [7, 11) is 0. The van der Waals surface area contributed by atoms with E-state index < -0.39 is 0 Å². The van der Waals surface area contributed by atoms with Crippen LogP contribution in [-0.2, 0) is 0 Å². The molecule has 0 fully saturated rings. The Morgan fingerprint density at radius 1 is 1.32 bits per heavy atom. The van der Waals surface area contributed by atoms with Crippen LogP contribution >= 0.6 is 15.9 Å². The highest BCUT2D eigenvalue weighted by atomic mass is 79.9. The zero-order valence-corrected chi connectivity index (χ0v) is 13.7. The van der Waals surface area contributed by atoms with Gasteiger partial charge >= 0.3 is 0 Å². The van der Waals surface area contributed by atoms with Crippen LogP contribution in [0, 0.1) is 0 Å². The lowest BCUT2D eigenvalue weighted by molar-refractivity contribution is 0.302. The van der Waals surface area contributed by atoms with E-state index in [1.54, 1.807) is 0 Å². The Labute approximate surface area is 125 Å². The molecule has 0 aliphatic carbocycles. The first-order valence-electron chi connectivity index (χ1n) is 7.02. The summed E-state index contributed by atoms with van der Waals surface area (Å²) in [5.74, 6) is 0. The number of hydrogen-bond acceptors (Lipinski definition) is 3. The van der Waals surface area contributed by atoms with Gasteiger partial charge in [0.2, 0.25) is 0 Å². The SMILES string of the molecule is CCCN(CCO)c1ccc(C(C)NCC)c(Br)c1. The Balaban J connectivity index is 2.90. The van der Waals surface area contributed by atoms with Crippen LogP contribution in [0.25, 0.3) is 0 Å². The van der Waals surface area contributed by atoms with Crippen LogP contribution in [0.2, 0.25) is 0 Å². The molecule has 0 heterocycles. The number of benzene rings is 1. The van der Waals surface area contributed by atoms with Crippen LogP contribution in [0.4, 0.5) is 5.69 Å². The molecule has 4 heteroatoms. The van der Waals surface area contributed by atoms with Gasteiger partial charge < -0.3 is 15.3 Å². The van der Waals surface area contributed by atoms with Crippen LogP contribution in [0.1, 0.15) is 38.8 Å². The third kappa shape index (κ3) is 4.79. The van der Waals surface area contributed by atoms with Crippen LogP contribution in [0.5, 0.6) is 0 Å². The molecule has 1 unspecified atom stereocenters. The first-order valence-corrected chi connectivity index (χ1v) is 7.81. The van der Waals surface area contributed by atoms with E-state index in [0.717, 1.165) is 29.7 Å². The van der Waals surface area contributed by atoms with Gasteiger partial charge in [0, 0.05) is 29.3 Å². The summed E-state index contributed by atoms with van der Waals surface area (Å²) < 4.78 is 1.12. The van der Waals surface area contributed by atoms with E-state index in [1.807, 2.05) is 0 Å². The molecule has 0 amide bonds. The van der Waals surface area contributed by atoms with Crippen molar-refractivity contribution in [2.45, 2.75) is 33.2 Å². The van der Waals surface area contributed by atoms with Crippen molar-refractivity contribution >= 4 is 21.6 Å². The van der Waals surface area contributed by atoms with Crippen LogP contribution in [0.15, 0.2) is 22.7 Å². The van der Waals surface area contributed by atoms with Crippen LogP contribution < -0.4 is 10.2 Å². The molecular formula is C15H25BrN2O. The van der Waals surface area contributed by atoms with E-state index in [0.29, 0.717) is 12.6 Å². The standard InChI is InChI=1S/C15H25BrN2O/c1-4-8-18(9-10-19)13-6-7-14(15(16)11-13)12(3)17-5-2/h6-7,11-12,17,19H,4-5,8-10H2,1-3H3. The minimum absolute atomic E-state index is 0.188. The van der Waals surface area contributed by atoms with Gasteiger partial charge in [-0.25, -0.2) is 0 Å². The molecule has 2 N–H and O–H groups in total. The first kappa shape index (κ1) is 16.5. The quantitative estimate of drug-likeness (QED) is 0.768. The van der Waals surface area contributed by atoms with E-state index in [9.17, 15) is 0 Å². The molecule has 1 aromatic rings. The van der Waals surface area contributed by atoms with Gasteiger partial charge in [0.1, 0.15) is 0 Å². The van der Waals surface area contributed by atoms with Crippen molar-refractivity contribution in [2.75, 3.05) is 31.1 Å². The smallest absolute Gasteiger partial charge is 0.0606 e. The Bertz CT molecular complexity index is 378. The molecule has 3 nitrogen and oxygen atoms in total. The molecule has 1 atom stereocenters. The number of aliphatic hydroxyl groups is 1. The molecule has 1 rings (SSSR count). The molecule has 0 aromatic heterocycles. The Hall–Kier alpha value is -0.580.